The molecule has 47 heavy (non-hydrogen) atoms. The summed E-state index contributed by atoms with van der Waals surface area (Å²) in [6.07, 6.45) is -8.33. The Hall–Kier alpha value is -2.57. The molecule has 8 N–H and O–H groups in total. The maximum atomic E-state index is 16.1. The molecule has 7 rings (SSSR count). The first-order valence-corrected chi connectivity index (χ1v) is 18.9. The van der Waals surface area contributed by atoms with Gasteiger partial charge in [0.15, 0.2) is 36.1 Å². The van der Waals surface area contributed by atoms with Crippen molar-refractivity contribution in [3.05, 3.63) is 23.1 Å². The Morgan fingerprint density at radius 3 is 2.55 bits per heavy atom. The third-order valence-electron chi connectivity index (χ3n) is 7.93. The first kappa shape index (κ1) is 33.0. The van der Waals surface area contributed by atoms with Gasteiger partial charge in [-0.15, -0.1) is 0 Å². The number of azide groups is 1. The summed E-state index contributed by atoms with van der Waals surface area (Å²) in [6.45, 7) is -9.82. The van der Waals surface area contributed by atoms with E-state index in [0.717, 1.165) is 0 Å². The fraction of sp³-hybridized carbons (Fsp3) is 0.650. The van der Waals surface area contributed by atoms with Gasteiger partial charge in [0.25, 0.3) is 5.91 Å². The van der Waals surface area contributed by atoms with Crippen molar-refractivity contribution < 1.29 is 46.5 Å². The van der Waals surface area contributed by atoms with E-state index in [4.69, 9.17) is 62.6 Å². The van der Waals surface area contributed by atoms with E-state index >= 15 is 4.39 Å². The monoisotopic (exact) mass is 737 g/mol. The number of nitrogens with two attached hydrogens (primary N) is 2. The van der Waals surface area contributed by atoms with Crippen LogP contribution in [0.1, 0.15) is 6.23 Å². The SMILES string of the molecule is [N-]=[N+]=N[C@H]1[C@H]2OP(O)(=S)OC[C@H]3O[C@H](N4C=NC5C(=O)NC(N)NC54)[C@H](OP(O)(=S)OC[C@H]1O[C@@H]2n1cnc2c(N)ncnc21)[C@@H]3F. The van der Waals surface area contributed by atoms with Crippen LogP contribution in [0.4, 0.5) is 10.2 Å². The van der Waals surface area contributed by atoms with Crippen LogP contribution in [0.25, 0.3) is 21.6 Å². The fourth-order valence-corrected chi connectivity index (χ4v) is 8.69. The molecule has 7 heterocycles. The van der Waals surface area contributed by atoms with Gasteiger partial charge in [0.05, 0.1) is 38.0 Å². The van der Waals surface area contributed by atoms with Gasteiger partial charge in [-0.1, -0.05) is 5.11 Å². The predicted octanol–water partition coefficient (Wildman–Crippen LogP) is -1.70. The van der Waals surface area contributed by atoms with Crippen LogP contribution in [0.5, 0.6) is 0 Å². The summed E-state index contributed by atoms with van der Waals surface area (Å²) >= 11 is 10.5. The Kier molecular flexibility index (Phi) is 8.69. The second-order valence-corrected chi connectivity index (χ2v) is 16.4. The Balaban J connectivity index is 1.21. The highest BCUT2D eigenvalue weighted by molar-refractivity contribution is 8.07. The molecule has 5 aliphatic rings. The summed E-state index contributed by atoms with van der Waals surface area (Å²) in [6, 6.07) is -2.21. The molecule has 13 atom stereocenters. The number of carbonyl (C=O) groups is 1. The molecule has 4 saturated heterocycles. The van der Waals surface area contributed by atoms with Crippen LogP contribution in [0, 0.1) is 0 Å². The van der Waals surface area contributed by atoms with Gasteiger partial charge < -0.3 is 48.8 Å². The summed E-state index contributed by atoms with van der Waals surface area (Å²) < 4.78 is 52.2. The number of nitrogen functional groups attached to an aromatic ring is 1. The Morgan fingerprint density at radius 2 is 1.81 bits per heavy atom. The Morgan fingerprint density at radius 1 is 1.11 bits per heavy atom. The van der Waals surface area contributed by atoms with Crippen LogP contribution >= 0.6 is 13.4 Å². The molecule has 27 heteroatoms. The molecule has 5 aliphatic heterocycles. The molecule has 1 amide bonds. The predicted molar refractivity (Wildman–Crippen MR) is 162 cm³/mol. The van der Waals surface area contributed by atoms with Crippen molar-refractivity contribution in [2.45, 2.75) is 67.6 Å². The number of nitrogens with one attached hydrogen (secondary N) is 2. The van der Waals surface area contributed by atoms with Gasteiger partial charge in [-0.2, -0.15) is 0 Å². The lowest BCUT2D eigenvalue weighted by Crippen LogP contribution is -2.70. The topological polar surface area (TPSA) is 297 Å². The number of carbonyl (C=O) groups excluding carboxylic acids is 1. The van der Waals surface area contributed by atoms with E-state index in [1.807, 2.05) is 0 Å². The molecule has 0 aliphatic carbocycles. The zero-order valence-corrected chi connectivity index (χ0v) is 26.9. The normalized spacial score (nSPS) is 43.7. The van der Waals surface area contributed by atoms with Crippen molar-refractivity contribution in [3.63, 3.8) is 0 Å². The van der Waals surface area contributed by atoms with Crippen LogP contribution in [0.15, 0.2) is 22.8 Å². The number of aromatic nitrogens is 4. The van der Waals surface area contributed by atoms with E-state index in [1.165, 1.54) is 28.5 Å². The van der Waals surface area contributed by atoms with Crippen molar-refractivity contribution in [1.29, 1.82) is 0 Å². The summed E-state index contributed by atoms with van der Waals surface area (Å²) in [5.41, 5.74) is 21.6. The summed E-state index contributed by atoms with van der Waals surface area (Å²) in [4.78, 5) is 55.5. The van der Waals surface area contributed by atoms with Gasteiger partial charge in [0.2, 0.25) is 0 Å². The number of aliphatic imine (C=N–C) groups is 1. The Bertz CT molecular complexity index is 1760. The van der Waals surface area contributed by atoms with E-state index in [2.05, 4.69) is 40.6 Å². The highest BCUT2D eigenvalue weighted by Gasteiger charge is 2.56. The molecule has 4 fully saturated rings. The van der Waals surface area contributed by atoms with Gasteiger partial charge in [0.1, 0.15) is 42.6 Å². The molecule has 0 radical (unpaired) electrons. The summed E-state index contributed by atoms with van der Waals surface area (Å²) in [5, 5.41) is 9.19. The largest absolute Gasteiger partial charge is 0.382 e. The number of anilines is 1. The number of amides is 1. The van der Waals surface area contributed by atoms with Crippen molar-refractivity contribution >= 4 is 66.3 Å². The van der Waals surface area contributed by atoms with Crippen LogP contribution in [0.3, 0.4) is 0 Å². The number of imidazole rings is 1. The zero-order valence-electron chi connectivity index (χ0n) is 23.5. The first-order valence-electron chi connectivity index (χ1n) is 13.7. The lowest BCUT2D eigenvalue weighted by Gasteiger charge is -2.39. The van der Waals surface area contributed by atoms with E-state index in [-0.39, 0.29) is 17.0 Å². The minimum absolute atomic E-state index is 0.0676. The highest BCUT2D eigenvalue weighted by Crippen LogP contribution is 2.54. The molecule has 0 saturated carbocycles. The molecule has 2 aromatic rings. The van der Waals surface area contributed by atoms with E-state index in [9.17, 15) is 20.1 Å². The van der Waals surface area contributed by atoms with Crippen LogP contribution in [-0.4, -0.2) is 121 Å². The number of ether oxygens (including phenoxy) is 2. The van der Waals surface area contributed by atoms with Crippen LogP contribution in [-0.2, 0) is 56.0 Å². The quantitative estimate of drug-likeness (QED) is 0.0885. The lowest BCUT2D eigenvalue weighted by molar-refractivity contribution is -0.130. The average molecular weight is 738 g/mol. The zero-order chi connectivity index (χ0) is 33.2. The van der Waals surface area contributed by atoms with Crippen molar-refractivity contribution in [2.24, 2.45) is 15.8 Å². The molecule has 0 spiro atoms. The van der Waals surface area contributed by atoms with Gasteiger partial charge in [-0.3, -0.25) is 29.9 Å². The smallest absolute Gasteiger partial charge is 0.325 e. The number of nitrogens with zero attached hydrogens (tertiary/aromatic N) is 9. The number of halogens is 1. The number of fused-ring (bicyclic) bond motifs is 6. The molecule has 22 nitrogen and oxygen atoms in total. The second-order valence-electron chi connectivity index (χ2n) is 10.8. The van der Waals surface area contributed by atoms with E-state index < -0.39 is 100 Å². The van der Waals surface area contributed by atoms with E-state index in [1.54, 1.807) is 0 Å². The van der Waals surface area contributed by atoms with Crippen molar-refractivity contribution in [1.82, 2.24) is 35.1 Å². The fourth-order valence-electron chi connectivity index (χ4n) is 5.88. The molecule has 254 valence electrons. The number of hydrogen-bond donors (Lipinski definition) is 6. The third-order valence-corrected chi connectivity index (χ3v) is 11.0. The summed E-state index contributed by atoms with van der Waals surface area (Å²) in [7, 11) is 0. The minimum Gasteiger partial charge on any atom is -0.382 e. The maximum absolute atomic E-state index is 16.1. The number of hydrogen-bond acceptors (Lipinski definition) is 18. The van der Waals surface area contributed by atoms with Gasteiger partial charge in [0, 0.05) is 4.91 Å². The molecule has 4 bridgehead atoms. The highest BCUT2D eigenvalue weighted by atomic mass is 32.5. The number of alkyl halides is 1. The molecule has 0 aromatic carbocycles. The van der Waals surface area contributed by atoms with Crippen LogP contribution < -0.4 is 22.1 Å². The van der Waals surface area contributed by atoms with Gasteiger partial charge in [-0.25, -0.2) is 19.3 Å². The second kappa shape index (κ2) is 12.4. The Labute approximate surface area is 273 Å². The molecular weight excluding hydrogens is 711 g/mol. The van der Waals surface area contributed by atoms with Gasteiger partial charge in [-0.05, 0) is 29.1 Å². The minimum atomic E-state index is -4.31. The first-order chi connectivity index (χ1) is 22.4. The average Bonchev–Trinajstić information content (AvgIpc) is 3.76. The molecule has 2 aromatic heterocycles. The van der Waals surface area contributed by atoms with Gasteiger partial charge >= 0.3 is 13.4 Å². The molecular formula is C20H26FN13O9P2S2. The third kappa shape index (κ3) is 6.11. The summed E-state index contributed by atoms with van der Waals surface area (Å²) in [5.74, 6) is -0.417. The van der Waals surface area contributed by atoms with Crippen LogP contribution in [0.2, 0.25) is 0 Å². The van der Waals surface area contributed by atoms with E-state index in [0.29, 0.717) is 0 Å². The lowest BCUT2D eigenvalue weighted by atomic mass is 10.1. The van der Waals surface area contributed by atoms with Crippen molar-refractivity contribution in [3.8, 4) is 0 Å². The maximum Gasteiger partial charge on any atom is 0.325 e. The molecule has 5 unspecified atom stereocenters. The van der Waals surface area contributed by atoms with Crippen molar-refractivity contribution in [2.75, 3.05) is 18.9 Å². The number of rotatable bonds is 3. The standard InChI is InChI=1S/C20H26FN13O9P2S2/c21-8-6-1-38-45(37,47)43-13-9(31-32-24)7(41-19(13)33-4-27-10-14(22)25-3-26-15(10)33)2-39-44(36,46)42-12(8)18(40-6)34-5-28-11-16(34)29-20(23)30-17(11)35/h3-9,11-13,16,18-20,29H,1-2,23H2,(H,30,35)(H,36,46)(H,37,47)(H2,22,25,26)/t6-,7-,8-,9-,11?,12-,13-,16?,18+,19+,20?,44?,45?/m1/s1.